The molecule has 3 N–H and O–H groups in total. The van der Waals surface area contributed by atoms with Gasteiger partial charge in [0.05, 0.1) is 25.2 Å². The zero-order valence-corrected chi connectivity index (χ0v) is 41.7. The predicted molar refractivity (Wildman–Crippen MR) is 273 cm³/mol. The van der Waals surface area contributed by atoms with Gasteiger partial charge in [-0.25, -0.2) is 0 Å². The molecule has 6 nitrogen and oxygen atoms in total. The highest BCUT2D eigenvalue weighted by molar-refractivity contribution is 5.77. The van der Waals surface area contributed by atoms with Crippen LogP contribution in [0.3, 0.4) is 0 Å². The maximum absolute atomic E-state index is 13.2. The fourth-order valence-electron chi connectivity index (χ4n) is 7.95. The molecule has 6 heteroatoms. The lowest BCUT2D eigenvalue weighted by Crippen LogP contribution is -2.46. The molecule has 3 unspecified atom stereocenters. The largest absolute Gasteiger partial charge is 0.462 e. The summed E-state index contributed by atoms with van der Waals surface area (Å²) in [7, 11) is 0. The number of carbonyl (C=O) groups is 2. The van der Waals surface area contributed by atoms with Gasteiger partial charge in [-0.3, -0.25) is 9.59 Å². The topological polar surface area (TPSA) is 95.9 Å². The van der Waals surface area contributed by atoms with Crippen molar-refractivity contribution in [3.05, 3.63) is 60.8 Å². The van der Waals surface area contributed by atoms with Crippen LogP contribution in [0.25, 0.3) is 0 Å². The summed E-state index contributed by atoms with van der Waals surface area (Å²) in [6.45, 7) is 6.44. The molecule has 0 radical (unpaired) electrons. The molecule has 366 valence electrons. The molecule has 0 rings (SSSR count). The van der Waals surface area contributed by atoms with Crippen LogP contribution in [0.2, 0.25) is 0 Å². The Kier molecular flexibility index (Phi) is 48.6. The average molecular weight is 882 g/mol. The minimum atomic E-state index is -0.800. The molecule has 3 atom stereocenters. The second-order valence-corrected chi connectivity index (χ2v) is 18.3. The zero-order chi connectivity index (χ0) is 45.9. The molecule has 0 saturated carbocycles. The van der Waals surface area contributed by atoms with Gasteiger partial charge in [0.25, 0.3) is 0 Å². The fourth-order valence-corrected chi connectivity index (χ4v) is 7.95. The Bertz CT molecular complexity index is 1130. The van der Waals surface area contributed by atoms with Crippen molar-refractivity contribution in [2.45, 2.75) is 283 Å². The summed E-state index contributed by atoms with van der Waals surface area (Å²) in [4.78, 5) is 26.2. The van der Waals surface area contributed by atoms with Crippen LogP contribution < -0.4 is 5.32 Å². The van der Waals surface area contributed by atoms with E-state index in [0.29, 0.717) is 25.7 Å². The first-order valence-electron chi connectivity index (χ1n) is 27.0. The number of ether oxygens (including phenoxy) is 1. The van der Waals surface area contributed by atoms with Gasteiger partial charge in [-0.05, 0) is 89.9 Å². The summed E-state index contributed by atoms with van der Waals surface area (Å²) in [6, 6.07) is -0.716. The third kappa shape index (κ3) is 45.9. The number of rotatable bonds is 48. The lowest BCUT2D eigenvalue weighted by Gasteiger charge is -2.24. The molecule has 63 heavy (non-hydrogen) atoms. The lowest BCUT2D eigenvalue weighted by atomic mass is 10.0. The second-order valence-electron chi connectivity index (χ2n) is 18.3. The van der Waals surface area contributed by atoms with Crippen molar-refractivity contribution in [3.63, 3.8) is 0 Å². The van der Waals surface area contributed by atoms with Gasteiger partial charge in [0, 0.05) is 6.42 Å². The highest BCUT2D eigenvalue weighted by atomic mass is 16.5. The SMILES string of the molecule is CCCCC/C=C\C/C=C\C/C=C\C/C=C\CCCC(=O)OC(CCCCCCC/C=C/CCCCCCCC)CC(=O)NC(CO)C(O)CCCCCCCCCCCCCC. The van der Waals surface area contributed by atoms with E-state index in [0.717, 1.165) is 70.6 Å². The van der Waals surface area contributed by atoms with Crippen LogP contribution >= 0.6 is 0 Å². The van der Waals surface area contributed by atoms with Crippen LogP contribution in [-0.2, 0) is 14.3 Å². The van der Waals surface area contributed by atoms with Gasteiger partial charge in [-0.15, -0.1) is 0 Å². The van der Waals surface area contributed by atoms with Crippen LogP contribution in [0.4, 0.5) is 0 Å². The van der Waals surface area contributed by atoms with Crippen molar-refractivity contribution in [3.8, 4) is 0 Å². The van der Waals surface area contributed by atoms with E-state index < -0.39 is 18.2 Å². The summed E-state index contributed by atoms with van der Waals surface area (Å²) in [5.41, 5.74) is 0. The first-order valence-corrected chi connectivity index (χ1v) is 27.0. The summed E-state index contributed by atoms with van der Waals surface area (Å²) in [5, 5.41) is 23.8. The van der Waals surface area contributed by atoms with E-state index in [1.54, 1.807) is 0 Å². The Morgan fingerprint density at radius 2 is 0.810 bits per heavy atom. The number of aliphatic hydroxyl groups is 2. The number of hydrogen-bond acceptors (Lipinski definition) is 5. The maximum atomic E-state index is 13.2. The van der Waals surface area contributed by atoms with E-state index in [-0.39, 0.29) is 24.9 Å². The summed E-state index contributed by atoms with van der Waals surface area (Å²) in [6.07, 6.45) is 62.8. The van der Waals surface area contributed by atoms with Gasteiger partial charge < -0.3 is 20.3 Å². The minimum absolute atomic E-state index is 0.0497. The van der Waals surface area contributed by atoms with Crippen molar-refractivity contribution in [1.82, 2.24) is 5.32 Å². The van der Waals surface area contributed by atoms with Gasteiger partial charge in [0.2, 0.25) is 5.91 Å². The third-order valence-electron chi connectivity index (χ3n) is 12.1. The Labute approximate surface area is 390 Å². The summed E-state index contributed by atoms with van der Waals surface area (Å²) < 4.78 is 5.91. The van der Waals surface area contributed by atoms with Crippen LogP contribution in [-0.4, -0.2) is 46.9 Å². The van der Waals surface area contributed by atoms with Crippen LogP contribution in [0, 0.1) is 0 Å². The summed E-state index contributed by atoms with van der Waals surface area (Å²) >= 11 is 0. The normalized spacial score (nSPS) is 13.7. The lowest BCUT2D eigenvalue weighted by molar-refractivity contribution is -0.151. The van der Waals surface area contributed by atoms with Gasteiger partial charge >= 0.3 is 5.97 Å². The highest BCUT2D eigenvalue weighted by Gasteiger charge is 2.24. The Morgan fingerprint density at radius 3 is 1.27 bits per heavy atom. The quantitative estimate of drug-likeness (QED) is 0.0321. The number of unbranched alkanes of at least 4 members (excludes halogenated alkanes) is 26. The van der Waals surface area contributed by atoms with Crippen LogP contribution in [0.15, 0.2) is 60.8 Å². The van der Waals surface area contributed by atoms with Gasteiger partial charge in [-0.2, -0.15) is 0 Å². The van der Waals surface area contributed by atoms with E-state index in [4.69, 9.17) is 4.74 Å². The molecule has 0 saturated heterocycles. The van der Waals surface area contributed by atoms with Crippen molar-refractivity contribution in [1.29, 1.82) is 0 Å². The number of esters is 1. The smallest absolute Gasteiger partial charge is 0.306 e. The molecular weight excluding hydrogens is 779 g/mol. The molecule has 0 aliphatic rings. The molecular formula is C57H103NO5. The fraction of sp³-hybridized carbons (Fsp3) is 0.789. The molecule has 0 heterocycles. The van der Waals surface area contributed by atoms with Gasteiger partial charge in [-0.1, -0.05) is 223 Å². The van der Waals surface area contributed by atoms with Crippen molar-refractivity contribution in [2.75, 3.05) is 6.61 Å². The van der Waals surface area contributed by atoms with Gasteiger partial charge in [0.15, 0.2) is 0 Å². The molecule has 0 aromatic carbocycles. The average Bonchev–Trinajstić information content (AvgIpc) is 3.28. The molecule has 0 spiro atoms. The predicted octanol–water partition coefficient (Wildman–Crippen LogP) is 16.4. The number of allylic oxidation sites excluding steroid dienone is 10. The Morgan fingerprint density at radius 1 is 0.460 bits per heavy atom. The van der Waals surface area contributed by atoms with E-state index in [1.165, 1.54) is 141 Å². The molecule has 0 bridgehead atoms. The number of carbonyl (C=O) groups excluding carboxylic acids is 2. The zero-order valence-electron chi connectivity index (χ0n) is 41.7. The second kappa shape index (κ2) is 50.6. The van der Waals surface area contributed by atoms with Crippen molar-refractivity contribution in [2.24, 2.45) is 0 Å². The number of amides is 1. The standard InChI is InChI=1S/C57H103NO5/c1-4-7-10-13-16-19-22-25-27-28-30-32-35-38-41-44-47-50-57(62)63-53(48-45-42-39-36-33-31-29-26-23-20-17-14-11-8-5-2)51-56(61)58-54(52-59)55(60)49-46-43-40-37-34-24-21-18-15-12-9-6-3/h16,19,25-27,29-30,32,38,41,53-55,59-60H,4-15,17-18,20-24,28,31,33-37,39-40,42-52H2,1-3H3,(H,58,61)/b19-16-,27-25-,29-26+,32-30-,41-38-. The van der Waals surface area contributed by atoms with Crippen molar-refractivity contribution >= 4 is 11.9 Å². The number of nitrogens with one attached hydrogen (secondary N) is 1. The Balaban J connectivity index is 4.68. The maximum Gasteiger partial charge on any atom is 0.306 e. The molecule has 0 aromatic rings. The monoisotopic (exact) mass is 882 g/mol. The third-order valence-corrected chi connectivity index (χ3v) is 12.1. The van der Waals surface area contributed by atoms with E-state index in [9.17, 15) is 19.8 Å². The van der Waals surface area contributed by atoms with Crippen LogP contribution in [0.5, 0.6) is 0 Å². The first kappa shape index (κ1) is 60.6. The highest BCUT2D eigenvalue weighted by Crippen LogP contribution is 2.17. The van der Waals surface area contributed by atoms with E-state index >= 15 is 0 Å². The molecule has 0 aliphatic heterocycles. The Hall–Kier alpha value is -2.44. The van der Waals surface area contributed by atoms with Crippen molar-refractivity contribution < 1.29 is 24.5 Å². The molecule has 0 aromatic heterocycles. The van der Waals surface area contributed by atoms with Gasteiger partial charge in [0.1, 0.15) is 6.10 Å². The number of hydrogen-bond donors (Lipinski definition) is 3. The minimum Gasteiger partial charge on any atom is -0.462 e. The number of aliphatic hydroxyl groups excluding tert-OH is 2. The van der Waals surface area contributed by atoms with Crippen LogP contribution in [0.1, 0.15) is 265 Å². The van der Waals surface area contributed by atoms with E-state index in [2.05, 4.69) is 86.8 Å². The summed E-state index contributed by atoms with van der Waals surface area (Å²) in [5.74, 6) is -0.545. The molecule has 1 amide bonds. The first-order chi connectivity index (χ1) is 31.0. The van der Waals surface area contributed by atoms with E-state index in [1.807, 2.05) is 0 Å². The molecule has 0 aliphatic carbocycles. The molecule has 0 fully saturated rings.